The average Bonchev–Trinajstić information content (AvgIpc) is 2.33. The van der Waals surface area contributed by atoms with Crippen LogP contribution in [0.25, 0.3) is 0 Å². The maximum absolute atomic E-state index is 13.7. The molecule has 0 unspecified atom stereocenters. The highest BCUT2D eigenvalue weighted by molar-refractivity contribution is 9.10. The van der Waals surface area contributed by atoms with Crippen molar-refractivity contribution in [1.29, 1.82) is 0 Å². The van der Waals surface area contributed by atoms with Crippen molar-refractivity contribution in [2.75, 3.05) is 5.32 Å². The number of amides is 1. The Morgan fingerprint density at radius 2 is 1.95 bits per heavy atom. The monoisotopic (exact) mass is 321 g/mol. The van der Waals surface area contributed by atoms with E-state index >= 15 is 0 Å². The lowest BCUT2D eigenvalue weighted by molar-refractivity contribution is 0.102. The predicted octanol–water partition coefficient (Wildman–Crippen LogP) is 4.46. The summed E-state index contributed by atoms with van der Waals surface area (Å²) in [7, 11) is 0. The average molecular weight is 322 g/mol. The summed E-state index contributed by atoms with van der Waals surface area (Å²) in [5.41, 5.74) is 2.44. The van der Waals surface area contributed by atoms with E-state index in [1.165, 1.54) is 6.07 Å². The van der Waals surface area contributed by atoms with Crippen molar-refractivity contribution in [3.8, 4) is 0 Å². The summed E-state index contributed by atoms with van der Waals surface area (Å²) in [4.78, 5) is 12.1. The van der Waals surface area contributed by atoms with Crippen LogP contribution in [0, 0.1) is 19.7 Å². The molecule has 0 aromatic heterocycles. The molecule has 4 heteroatoms. The van der Waals surface area contributed by atoms with Gasteiger partial charge in [0.2, 0.25) is 0 Å². The van der Waals surface area contributed by atoms with E-state index in [1.807, 2.05) is 19.1 Å². The number of halogens is 2. The fraction of sp³-hybridized carbons (Fsp3) is 0.133. The molecule has 1 amide bonds. The molecular weight excluding hydrogens is 309 g/mol. The number of hydrogen-bond acceptors (Lipinski definition) is 1. The molecule has 0 bridgehead atoms. The number of carbonyl (C=O) groups excluding carboxylic acids is 1. The summed E-state index contributed by atoms with van der Waals surface area (Å²) >= 11 is 3.34. The number of para-hydroxylation sites is 1. The number of carbonyl (C=O) groups is 1. The molecule has 0 radical (unpaired) electrons. The van der Waals surface area contributed by atoms with Crippen LogP contribution in [0.2, 0.25) is 0 Å². The van der Waals surface area contributed by atoms with Gasteiger partial charge in [-0.3, -0.25) is 4.79 Å². The van der Waals surface area contributed by atoms with Gasteiger partial charge in [0.25, 0.3) is 5.91 Å². The first kappa shape index (κ1) is 13.7. The highest BCUT2D eigenvalue weighted by Gasteiger charge is 2.13. The van der Waals surface area contributed by atoms with Crippen molar-refractivity contribution in [1.82, 2.24) is 0 Å². The van der Waals surface area contributed by atoms with Gasteiger partial charge in [-0.1, -0.05) is 18.2 Å². The molecule has 0 aliphatic heterocycles. The summed E-state index contributed by atoms with van der Waals surface area (Å²) in [6.45, 7) is 3.69. The van der Waals surface area contributed by atoms with Gasteiger partial charge in [-0.15, -0.1) is 0 Å². The third-order valence-corrected chi connectivity index (χ3v) is 3.49. The zero-order valence-electron chi connectivity index (χ0n) is 10.6. The van der Waals surface area contributed by atoms with E-state index in [-0.39, 0.29) is 11.6 Å². The second kappa shape index (κ2) is 5.53. The fourth-order valence-corrected chi connectivity index (χ4v) is 2.45. The predicted molar refractivity (Wildman–Crippen MR) is 78.0 cm³/mol. The van der Waals surface area contributed by atoms with Crippen LogP contribution in [0.4, 0.5) is 10.1 Å². The van der Waals surface area contributed by atoms with Gasteiger partial charge in [-0.05, 0) is 59.1 Å². The molecule has 0 saturated carbocycles. The highest BCUT2D eigenvalue weighted by atomic mass is 79.9. The van der Waals surface area contributed by atoms with Gasteiger partial charge in [0, 0.05) is 4.47 Å². The largest absolute Gasteiger partial charge is 0.319 e. The Morgan fingerprint density at radius 3 is 2.58 bits per heavy atom. The molecule has 0 aliphatic carbocycles. The second-order valence-electron chi connectivity index (χ2n) is 4.37. The summed E-state index contributed by atoms with van der Waals surface area (Å²) in [5.74, 6) is -0.767. The third kappa shape index (κ3) is 3.01. The minimum absolute atomic E-state index is 0.222. The van der Waals surface area contributed by atoms with E-state index in [1.54, 1.807) is 25.1 Å². The van der Waals surface area contributed by atoms with Gasteiger partial charge >= 0.3 is 0 Å². The van der Waals surface area contributed by atoms with Crippen LogP contribution in [-0.4, -0.2) is 5.91 Å². The quantitative estimate of drug-likeness (QED) is 0.869. The Labute approximate surface area is 119 Å². The molecule has 0 aliphatic rings. The van der Waals surface area contributed by atoms with Crippen LogP contribution in [0.5, 0.6) is 0 Å². The van der Waals surface area contributed by atoms with E-state index in [4.69, 9.17) is 0 Å². The fourth-order valence-electron chi connectivity index (χ4n) is 1.78. The van der Waals surface area contributed by atoms with E-state index < -0.39 is 5.82 Å². The van der Waals surface area contributed by atoms with Crippen molar-refractivity contribution >= 4 is 27.5 Å². The molecule has 0 atom stereocenters. The van der Waals surface area contributed by atoms with Crippen LogP contribution in [-0.2, 0) is 0 Å². The molecule has 2 aromatic carbocycles. The first-order valence-electron chi connectivity index (χ1n) is 5.81. The minimum atomic E-state index is -0.434. The molecule has 2 rings (SSSR count). The number of nitrogens with one attached hydrogen (secondary N) is 1. The topological polar surface area (TPSA) is 29.1 Å². The Morgan fingerprint density at radius 1 is 1.21 bits per heavy atom. The summed E-state index contributed by atoms with van der Waals surface area (Å²) < 4.78 is 14.4. The smallest absolute Gasteiger partial charge is 0.256 e. The van der Waals surface area contributed by atoms with Crippen molar-refractivity contribution in [3.05, 3.63) is 63.4 Å². The molecule has 0 heterocycles. The second-order valence-corrected chi connectivity index (χ2v) is 5.22. The van der Waals surface area contributed by atoms with E-state index in [0.717, 1.165) is 5.56 Å². The number of benzene rings is 2. The van der Waals surface area contributed by atoms with Crippen LogP contribution < -0.4 is 5.32 Å². The first-order valence-corrected chi connectivity index (χ1v) is 6.61. The number of rotatable bonds is 2. The van der Waals surface area contributed by atoms with Gasteiger partial charge in [0.05, 0.1) is 11.3 Å². The van der Waals surface area contributed by atoms with Gasteiger partial charge < -0.3 is 5.32 Å². The van der Waals surface area contributed by atoms with Crippen molar-refractivity contribution in [3.63, 3.8) is 0 Å². The molecule has 1 N–H and O–H groups in total. The van der Waals surface area contributed by atoms with Gasteiger partial charge in [0.15, 0.2) is 0 Å². The number of aryl methyl sites for hydroxylation is 2. The normalized spacial score (nSPS) is 10.3. The molecule has 2 nitrogen and oxygen atoms in total. The molecule has 0 spiro atoms. The van der Waals surface area contributed by atoms with Crippen LogP contribution in [0.3, 0.4) is 0 Å². The number of anilines is 1. The standard InChI is InChI=1S/C15H13BrFNO/c1-9-6-7-11(12(16)8-9)15(19)18-14-10(2)4-3-5-13(14)17/h3-8H,1-2H3,(H,18,19). The SMILES string of the molecule is Cc1ccc(C(=O)Nc2c(C)cccc2F)c(Br)c1. The highest BCUT2D eigenvalue weighted by Crippen LogP contribution is 2.23. The Bertz CT molecular complexity index is 620. The zero-order chi connectivity index (χ0) is 14.0. The van der Waals surface area contributed by atoms with Crippen LogP contribution in [0.15, 0.2) is 40.9 Å². The molecule has 19 heavy (non-hydrogen) atoms. The summed E-state index contributed by atoms with van der Waals surface area (Å²) in [5, 5.41) is 2.61. The van der Waals surface area contributed by atoms with Gasteiger partial charge in [0.1, 0.15) is 5.82 Å². The van der Waals surface area contributed by atoms with E-state index in [0.29, 0.717) is 15.6 Å². The van der Waals surface area contributed by atoms with Crippen molar-refractivity contribution in [2.24, 2.45) is 0 Å². The first-order chi connectivity index (χ1) is 8.99. The lowest BCUT2D eigenvalue weighted by Gasteiger charge is -2.10. The van der Waals surface area contributed by atoms with E-state index in [2.05, 4.69) is 21.2 Å². The summed E-state index contributed by atoms with van der Waals surface area (Å²) in [6.07, 6.45) is 0. The maximum atomic E-state index is 13.7. The number of hydrogen-bond donors (Lipinski definition) is 1. The van der Waals surface area contributed by atoms with Crippen molar-refractivity contribution < 1.29 is 9.18 Å². The van der Waals surface area contributed by atoms with Crippen molar-refractivity contribution in [2.45, 2.75) is 13.8 Å². The molecule has 0 saturated heterocycles. The summed E-state index contributed by atoms with van der Waals surface area (Å²) in [6, 6.07) is 10.1. The molecule has 98 valence electrons. The van der Waals surface area contributed by atoms with Gasteiger partial charge in [-0.25, -0.2) is 4.39 Å². The maximum Gasteiger partial charge on any atom is 0.256 e. The third-order valence-electron chi connectivity index (χ3n) is 2.83. The molecule has 2 aromatic rings. The molecule has 0 fully saturated rings. The Hall–Kier alpha value is -1.68. The Balaban J connectivity index is 2.31. The van der Waals surface area contributed by atoms with Gasteiger partial charge in [-0.2, -0.15) is 0 Å². The zero-order valence-corrected chi connectivity index (χ0v) is 12.2. The van der Waals surface area contributed by atoms with E-state index in [9.17, 15) is 9.18 Å². The Kier molecular flexibility index (Phi) is 4.00. The lowest BCUT2D eigenvalue weighted by atomic mass is 10.1. The molecular formula is C15H13BrFNO. The van der Waals surface area contributed by atoms with Crippen LogP contribution >= 0.6 is 15.9 Å². The lowest BCUT2D eigenvalue weighted by Crippen LogP contribution is -2.14. The van der Waals surface area contributed by atoms with Crippen LogP contribution in [0.1, 0.15) is 21.5 Å². The minimum Gasteiger partial charge on any atom is -0.319 e.